The molecule has 32 heavy (non-hydrogen) atoms. The smallest absolute Gasteiger partial charge is 0.260 e. The van der Waals surface area contributed by atoms with Gasteiger partial charge >= 0.3 is 0 Å². The summed E-state index contributed by atoms with van der Waals surface area (Å²) in [6, 6.07) is 19.1. The van der Waals surface area contributed by atoms with Crippen molar-refractivity contribution in [3.05, 3.63) is 81.7 Å². The maximum Gasteiger partial charge on any atom is 0.260 e. The number of benzene rings is 2. The molecule has 160 valence electrons. The first-order valence-corrected chi connectivity index (χ1v) is 11.9. The maximum absolute atomic E-state index is 12.8. The zero-order valence-electron chi connectivity index (χ0n) is 17.3. The van der Waals surface area contributed by atoms with Crippen molar-refractivity contribution in [1.82, 2.24) is 9.97 Å². The Bertz CT molecular complexity index is 1340. The predicted molar refractivity (Wildman–Crippen MR) is 131 cm³/mol. The molecule has 2 heterocycles. The molecular weight excluding hydrogens is 440 g/mol. The first kappa shape index (κ1) is 21.8. The largest absolute Gasteiger partial charge is 0.325 e. The Kier molecular flexibility index (Phi) is 6.69. The minimum absolute atomic E-state index is 0.131. The molecule has 0 saturated carbocycles. The molecule has 0 aliphatic heterocycles. The summed E-state index contributed by atoms with van der Waals surface area (Å²) in [6.45, 7) is 1.82. The van der Waals surface area contributed by atoms with Gasteiger partial charge in [-0.15, -0.1) is 23.1 Å². The SMILES string of the molecule is CC(SCc1nc2scc(-c3ccccc3)c2c(=O)[nH]1)C(=O)Nc1ccc(CC#N)cc1. The second kappa shape index (κ2) is 9.81. The highest BCUT2D eigenvalue weighted by Crippen LogP contribution is 2.30. The summed E-state index contributed by atoms with van der Waals surface area (Å²) in [6.07, 6.45) is 0.340. The second-order valence-corrected chi connectivity index (χ2v) is 9.37. The highest BCUT2D eigenvalue weighted by molar-refractivity contribution is 7.99. The van der Waals surface area contributed by atoms with Gasteiger partial charge in [0.15, 0.2) is 0 Å². The van der Waals surface area contributed by atoms with Gasteiger partial charge in [-0.05, 0) is 30.2 Å². The Morgan fingerprint density at radius 3 is 2.69 bits per heavy atom. The number of nitrogens with one attached hydrogen (secondary N) is 2. The Morgan fingerprint density at radius 2 is 1.97 bits per heavy atom. The minimum Gasteiger partial charge on any atom is -0.325 e. The van der Waals surface area contributed by atoms with Crippen LogP contribution in [0.4, 0.5) is 5.69 Å². The molecule has 0 spiro atoms. The van der Waals surface area contributed by atoms with E-state index >= 15 is 0 Å². The van der Waals surface area contributed by atoms with E-state index in [9.17, 15) is 9.59 Å². The lowest BCUT2D eigenvalue weighted by atomic mass is 10.1. The standard InChI is InChI=1S/C24H20N4O2S2/c1-15(22(29)26-18-9-7-16(8-10-18)11-12-25)31-14-20-27-23(30)21-19(13-32-24(21)28-20)17-5-3-2-4-6-17/h2-10,13,15H,11,14H2,1H3,(H,26,29)(H,27,28,30). The van der Waals surface area contributed by atoms with Gasteiger partial charge in [-0.3, -0.25) is 9.59 Å². The molecule has 2 aromatic heterocycles. The van der Waals surface area contributed by atoms with Crippen LogP contribution < -0.4 is 10.9 Å². The summed E-state index contributed by atoms with van der Waals surface area (Å²) < 4.78 is 0. The number of amides is 1. The Morgan fingerprint density at radius 1 is 1.22 bits per heavy atom. The summed E-state index contributed by atoms with van der Waals surface area (Å²) in [5.74, 6) is 0.836. The molecule has 0 aliphatic carbocycles. The van der Waals surface area contributed by atoms with Gasteiger partial charge in [0.2, 0.25) is 5.91 Å². The van der Waals surface area contributed by atoms with Gasteiger partial charge in [0, 0.05) is 16.6 Å². The molecule has 1 amide bonds. The number of hydrogen-bond donors (Lipinski definition) is 2. The average molecular weight is 461 g/mol. The van der Waals surface area contributed by atoms with Crippen molar-refractivity contribution in [2.45, 2.75) is 24.3 Å². The number of nitriles is 1. The van der Waals surface area contributed by atoms with Crippen LogP contribution in [-0.2, 0) is 17.0 Å². The van der Waals surface area contributed by atoms with Gasteiger partial charge < -0.3 is 10.3 Å². The van der Waals surface area contributed by atoms with Crippen molar-refractivity contribution in [3.63, 3.8) is 0 Å². The average Bonchev–Trinajstić information content (AvgIpc) is 3.24. The third kappa shape index (κ3) is 4.90. The number of carbonyl (C=O) groups excluding carboxylic acids is 1. The Hall–Kier alpha value is -3.41. The van der Waals surface area contributed by atoms with Crippen LogP contribution in [0.2, 0.25) is 0 Å². The normalized spacial score (nSPS) is 11.8. The lowest BCUT2D eigenvalue weighted by Gasteiger charge is -2.12. The third-order valence-corrected chi connectivity index (χ3v) is 6.95. The third-order valence-electron chi connectivity index (χ3n) is 4.92. The number of carbonyl (C=O) groups is 1. The number of thioether (sulfide) groups is 1. The molecule has 0 saturated heterocycles. The fourth-order valence-electron chi connectivity index (χ4n) is 3.21. The first-order chi connectivity index (χ1) is 15.5. The summed E-state index contributed by atoms with van der Waals surface area (Å²) in [4.78, 5) is 33.4. The Balaban J connectivity index is 1.42. The van der Waals surface area contributed by atoms with Crippen LogP contribution in [0, 0.1) is 11.3 Å². The summed E-state index contributed by atoms with van der Waals surface area (Å²) >= 11 is 2.85. The van der Waals surface area contributed by atoms with Gasteiger partial charge in [-0.2, -0.15) is 5.26 Å². The van der Waals surface area contributed by atoms with E-state index in [0.29, 0.717) is 33.9 Å². The van der Waals surface area contributed by atoms with Crippen molar-refractivity contribution in [2.24, 2.45) is 0 Å². The molecule has 4 rings (SSSR count). The number of thiophene rings is 1. The number of aromatic amines is 1. The van der Waals surface area contributed by atoms with E-state index in [2.05, 4.69) is 21.4 Å². The number of nitrogens with zero attached hydrogens (tertiary/aromatic N) is 2. The van der Waals surface area contributed by atoms with Gasteiger partial charge in [0.05, 0.1) is 28.9 Å². The van der Waals surface area contributed by atoms with E-state index < -0.39 is 0 Å². The molecule has 4 aromatic rings. The zero-order chi connectivity index (χ0) is 22.5. The van der Waals surface area contributed by atoms with Crippen LogP contribution in [-0.4, -0.2) is 21.1 Å². The van der Waals surface area contributed by atoms with Crippen molar-refractivity contribution < 1.29 is 4.79 Å². The molecule has 2 N–H and O–H groups in total. The lowest BCUT2D eigenvalue weighted by molar-refractivity contribution is -0.115. The zero-order valence-corrected chi connectivity index (χ0v) is 18.9. The summed E-state index contributed by atoms with van der Waals surface area (Å²) in [5.41, 5.74) is 3.29. The number of anilines is 1. The molecule has 0 radical (unpaired) electrons. The number of fused-ring (bicyclic) bond motifs is 1. The van der Waals surface area contributed by atoms with E-state index in [1.165, 1.54) is 23.1 Å². The molecule has 0 fully saturated rings. The number of aromatic nitrogens is 2. The quantitative estimate of drug-likeness (QED) is 0.405. The van der Waals surface area contributed by atoms with E-state index in [-0.39, 0.29) is 16.7 Å². The first-order valence-electron chi connectivity index (χ1n) is 9.99. The predicted octanol–water partition coefficient (Wildman–Crippen LogP) is 4.98. The maximum atomic E-state index is 12.8. The Labute approximate surface area is 193 Å². The van der Waals surface area contributed by atoms with E-state index in [4.69, 9.17) is 5.26 Å². The van der Waals surface area contributed by atoms with Crippen LogP contribution in [0.1, 0.15) is 18.3 Å². The molecule has 1 unspecified atom stereocenters. The number of H-pyrrole nitrogens is 1. The molecule has 2 aromatic carbocycles. The van der Waals surface area contributed by atoms with Gasteiger partial charge in [0.1, 0.15) is 10.7 Å². The monoisotopic (exact) mass is 460 g/mol. The van der Waals surface area contributed by atoms with Crippen LogP contribution in [0.3, 0.4) is 0 Å². The van der Waals surface area contributed by atoms with Crippen molar-refractivity contribution in [2.75, 3.05) is 5.32 Å². The molecule has 0 bridgehead atoms. The highest BCUT2D eigenvalue weighted by atomic mass is 32.2. The van der Waals surface area contributed by atoms with Gasteiger partial charge in [-0.1, -0.05) is 42.5 Å². The van der Waals surface area contributed by atoms with Crippen molar-refractivity contribution in [1.29, 1.82) is 5.26 Å². The fourth-order valence-corrected chi connectivity index (χ4v) is 4.93. The van der Waals surface area contributed by atoms with Gasteiger partial charge in [-0.25, -0.2) is 4.98 Å². The summed E-state index contributed by atoms with van der Waals surface area (Å²) in [7, 11) is 0. The number of rotatable bonds is 7. The fraction of sp³-hybridized carbons (Fsp3) is 0.167. The van der Waals surface area contributed by atoms with Crippen molar-refractivity contribution >= 4 is 44.9 Å². The summed E-state index contributed by atoms with van der Waals surface area (Å²) in [5, 5.41) is 13.8. The molecule has 1 atom stereocenters. The van der Waals surface area contributed by atoms with E-state index in [1.807, 2.05) is 54.8 Å². The molecule has 0 aliphatic rings. The van der Waals surface area contributed by atoms with Gasteiger partial charge in [0.25, 0.3) is 5.56 Å². The van der Waals surface area contributed by atoms with Crippen LogP contribution >= 0.6 is 23.1 Å². The number of hydrogen-bond acceptors (Lipinski definition) is 6. The van der Waals surface area contributed by atoms with E-state index in [0.717, 1.165) is 16.7 Å². The molecule has 8 heteroatoms. The van der Waals surface area contributed by atoms with E-state index in [1.54, 1.807) is 12.1 Å². The second-order valence-electron chi connectivity index (χ2n) is 7.18. The highest BCUT2D eigenvalue weighted by Gasteiger charge is 2.16. The van der Waals surface area contributed by atoms with Crippen LogP contribution in [0.5, 0.6) is 0 Å². The molecule has 6 nitrogen and oxygen atoms in total. The minimum atomic E-state index is -0.335. The topological polar surface area (TPSA) is 98.6 Å². The van der Waals surface area contributed by atoms with Crippen LogP contribution in [0.25, 0.3) is 21.3 Å². The lowest BCUT2D eigenvalue weighted by Crippen LogP contribution is -2.23. The van der Waals surface area contributed by atoms with Crippen LogP contribution in [0.15, 0.2) is 64.8 Å². The van der Waals surface area contributed by atoms with Crippen molar-refractivity contribution in [3.8, 4) is 17.2 Å². The molecular formula is C24H20N4O2S2.